The molecule has 3 fully saturated rings. The second-order valence-corrected chi connectivity index (χ2v) is 6.99. The van der Waals surface area contributed by atoms with Gasteiger partial charge in [-0.15, -0.1) is 0 Å². The molecule has 3 aliphatic rings. The first-order valence-corrected chi connectivity index (χ1v) is 8.22. The molecule has 21 heavy (non-hydrogen) atoms. The third-order valence-electron chi connectivity index (χ3n) is 5.39. The Labute approximate surface area is 125 Å². The Morgan fingerprint density at radius 3 is 2.43 bits per heavy atom. The van der Waals surface area contributed by atoms with Crippen LogP contribution in [0.5, 0.6) is 0 Å². The average Bonchev–Trinajstić information content (AvgIpc) is 2.97. The molecule has 1 atom stereocenters. The first kappa shape index (κ1) is 14.5. The van der Waals surface area contributed by atoms with Gasteiger partial charge in [-0.05, 0) is 43.4 Å². The van der Waals surface area contributed by atoms with Crippen molar-refractivity contribution in [1.29, 1.82) is 0 Å². The zero-order valence-electron chi connectivity index (χ0n) is 12.7. The van der Waals surface area contributed by atoms with Crippen molar-refractivity contribution in [2.24, 2.45) is 17.3 Å². The molecule has 1 saturated heterocycles. The zero-order valence-corrected chi connectivity index (χ0v) is 12.7. The number of hydrogen-bond donors (Lipinski definition) is 1. The first-order valence-electron chi connectivity index (χ1n) is 8.22. The minimum Gasteiger partial charge on any atom is -0.277 e. The molecule has 5 heteroatoms. The van der Waals surface area contributed by atoms with Crippen LogP contribution < -0.4 is 5.32 Å². The number of rotatable bonds is 5. The van der Waals surface area contributed by atoms with Gasteiger partial charge in [0.15, 0.2) is 0 Å². The molecule has 2 aliphatic carbocycles. The Kier molecular flexibility index (Phi) is 3.76. The van der Waals surface area contributed by atoms with Gasteiger partial charge >= 0.3 is 6.03 Å². The number of urea groups is 1. The molecule has 4 amide bonds. The minimum absolute atomic E-state index is 0.120. The van der Waals surface area contributed by atoms with E-state index in [1.807, 2.05) is 0 Å². The van der Waals surface area contributed by atoms with Crippen molar-refractivity contribution < 1.29 is 14.4 Å². The number of nitrogens with zero attached hydrogens (tertiary/aromatic N) is 1. The van der Waals surface area contributed by atoms with E-state index >= 15 is 0 Å². The number of nitrogens with one attached hydrogen (secondary N) is 1. The number of amides is 4. The summed E-state index contributed by atoms with van der Waals surface area (Å²) in [5.74, 6) is -1.15. The van der Waals surface area contributed by atoms with Gasteiger partial charge in [-0.3, -0.25) is 19.8 Å². The van der Waals surface area contributed by atoms with Crippen molar-refractivity contribution in [2.75, 3.05) is 6.54 Å². The highest BCUT2D eigenvalue weighted by atomic mass is 16.2. The van der Waals surface area contributed by atoms with E-state index in [1.54, 1.807) is 0 Å². The Hall–Kier alpha value is -1.39. The summed E-state index contributed by atoms with van der Waals surface area (Å²) in [5.41, 5.74) is 0.127. The van der Waals surface area contributed by atoms with Crippen LogP contribution in [0.2, 0.25) is 0 Å². The fourth-order valence-electron chi connectivity index (χ4n) is 4.02. The summed E-state index contributed by atoms with van der Waals surface area (Å²) in [4.78, 5) is 38.1. The number of carbonyl (C=O) groups is 3. The Morgan fingerprint density at radius 1 is 1.19 bits per heavy atom. The summed E-state index contributed by atoms with van der Waals surface area (Å²) in [6.07, 6.45) is 8.28. The van der Waals surface area contributed by atoms with Gasteiger partial charge in [0.05, 0.1) is 0 Å². The molecule has 1 aliphatic heterocycles. The summed E-state index contributed by atoms with van der Waals surface area (Å²) in [5, 5.41) is 2.41. The molecular weight excluding hydrogens is 268 g/mol. The number of carbonyl (C=O) groups excluding carboxylic acids is 3. The zero-order chi connectivity index (χ0) is 15.0. The van der Waals surface area contributed by atoms with Crippen LogP contribution in [0.1, 0.15) is 58.3 Å². The second-order valence-electron chi connectivity index (χ2n) is 6.99. The van der Waals surface area contributed by atoms with E-state index < -0.39 is 11.9 Å². The highest BCUT2D eigenvalue weighted by Crippen LogP contribution is 2.50. The standard InChI is InChI=1S/C16H24N2O3/c1-2-7-16(8-9-16)10-18-14(20)12(11-5-3-4-6-11)13(19)17-15(18)21/h11-12H,2-10H2,1H3,(H,17,19,21). The maximum atomic E-state index is 12.7. The quantitative estimate of drug-likeness (QED) is 0.791. The van der Waals surface area contributed by atoms with Crippen molar-refractivity contribution in [3.05, 3.63) is 0 Å². The van der Waals surface area contributed by atoms with Crippen LogP contribution >= 0.6 is 0 Å². The normalized spacial score (nSPS) is 28.9. The summed E-state index contributed by atoms with van der Waals surface area (Å²) >= 11 is 0. The fourth-order valence-corrected chi connectivity index (χ4v) is 4.02. The highest BCUT2D eigenvalue weighted by molar-refractivity contribution is 6.16. The van der Waals surface area contributed by atoms with Gasteiger partial charge in [0.1, 0.15) is 5.92 Å². The maximum Gasteiger partial charge on any atom is 0.330 e. The Balaban J connectivity index is 1.75. The van der Waals surface area contributed by atoms with Crippen molar-refractivity contribution in [2.45, 2.75) is 58.3 Å². The molecule has 2 saturated carbocycles. The van der Waals surface area contributed by atoms with E-state index in [2.05, 4.69) is 12.2 Å². The van der Waals surface area contributed by atoms with Gasteiger partial charge in [0.25, 0.3) is 0 Å². The predicted molar refractivity (Wildman–Crippen MR) is 77.3 cm³/mol. The predicted octanol–water partition coefficient (Wildman–Crippen LogP) is 2.45. The number of barbiturate groups is 1. The molecule has 0 aromatic heterocycles. The van der Waals surface area contributed by atoms with Crippen molar-refractivity contribution in [3.63, 3.8) is 0 Å². The van der Waals surface area contributed by atoms with Crippen molar-refractivity contribution in [3.8, 4) is 0 Å². The van der Waals surface area contributed by atoms with E-state index in [9.17, 15) is 14.4 Å². The third-order valence-corrected chi connectivity index (χ3v) is 5.39. The third kappa shape index (κ3) is 2.70. The largest absolute Gasteiger partial charge is 0.330 e. The van der Waals surface area contributed by atoms with Crippen LogP contribution in [-0.4, -0.2) is 29.3 Å². The molecule has 1 N–H and O–H groups in total. The molecule has 0 spiro atoms. The van der Waals surface area contributed by atoms with Gasteiger partial charge in [0.2, 0.25) is 11.8 Å². The second kappa shape index (κ2) is 5.43. The summed E-state index contributed by atoms with van der Waals surface area (Å²) < 4.78 is 0. The lowest BCUT2D eigenvalue weighted by Crippen LogP contribution is -2.60. The summed E-state index contributed by atoms with van der Waals surface area (Å²) in [6, 6.07) is -0.512. The first-order chi connectivity index (χ1) is 10.1. The smallest absolute Gasteiger partial charge is 0.277 e. The van der Waals surface area contributed by atoms with Gasteiger partial charge in [0, 0.05) is 6.54 Å². The average molecular weight is 292 g/mol. The van der Waals surface area contributed by atoms with E-state index in [0.717, 1.165) is 51.4 Å². The Bertz CT molecular complexity index is 464. The lowest BCUT2D eigenvalue weighted by atomic mass is 9.87. The molecule has 0 aromatic carbocycles. The van der Waals surface area contributed by atoms with Crippen LogP contribution in [0.25, 0.3) is 0 Å². The lowest BCUT2D eigenvalue weighted by molar-refractivity contribution is -0.145. The lowest BCUT2D eigenvalue weighted by Gasteiger charge is -2.34. The molecule has 116 valence electrons. The highest BCUT2D eigenvalue weighted by Gasteiger charge is 2.50. The minimum atomic E-state index is -0.636. The van der Waals surface area contributed by atoms with Gasteiger partial charge in [-0.2, -0.15) is 0 Å². The SMILES string of the molecule is CCCC1(CN2C(=O)NC(=O)C(C3CCCC3)C2=O)CC1. The molecule has 1 heterocycles. The van der Waals surface area contributed by atoms with E-state index in [0.29, 0.717) is 6.54 Å². The van der Waals surface area contributed by atoms with Crippen molar-refractivity contribution >= 4 is 17.8 Å². The van der Waals surface area contributed by atoms with Crippen LogP contribution in [-0.2, 0) is 9.59 Å². The molecule has 3 rings (SSSR count). The maximum absolute atomic E-state index is 12.7. The molecule has 1 unspecified atom stereocenters. The summed E-state index contributed by atoms with van der Waals surface area (Å²) in [6.45, 7) is 2.62. The molecule has 0 aromatic rings. The topological polar surface area (TPSA) is 66.5 Å². The van der Waals surface area contributed by atoms with Gasteiger partial charge < -0.3 is 0 Å². The molecular formula is C16H24N2O3. The fraction of sp³-hybridized carbons (Fsp3) is 0.812. The Morgan fingerprint density at radius 2 is 1.86 bits per heavy atom. The number of hydrogen-bond acceptors (Lipinski definition) is 3. The van der Waals surface area contributed by atoms with Gasteiger partial charge in [-0.1, -0.05) is 26.2 Å². The van der Waals surface area contributed by atoms with Crippen LogP contribution in [0.3, 0.4) is 0 Å². The molecule has 0 bridgehead atoms. The molecule has 5 nitrogen and oxygen atoms in total. The monoisotopic (exact) mass is 292 g/mol. The van der Waals surface area contributed by atoms with Crippen LogP contribution in [0, 0.1) is 17.3 Å². The van der Waals surface area contributed by atoms with E-state index in [-0.39, 0.29) is 23.1 Å². The van der Waals surface area contributed by atoms with Crippen molar-refractivity contribution in [1.82, 2.24) is 10.2 Å². The van der Waals surface area contributed by atoms with E-state index in [1.165, 1.54) is 4.90 Å². The summed E-state index contributed by atoms with van der Waals surface area (Å²) in [7, 11) is 0. The van der Waals surface area contributed by atoms with Crippen LogP contribution in [0.4, 0.5) is 4.79 Å². The molecule has 0 radical (unpaired) electrons. The van der Waals surface area contributed by atoms with Crippen LogP contribution in [0.15, 0.2) is 0 Å². The number of imide groups is 2. The van der Waals surface area contributed by atoms with Gasteiger partial charge in [-0.25, -0.2) is 4.79 Å². The van der Waals surface area contributed by atoms with E-state index in [4.69, 9.17) is 0 Å².